The first kappa shape index (κ1) is 25.7. The van der Waals surface area contributed by atoms with Crippen LogP contribution in [0.5, 0.6) is 0 Å². The second-order valence-corrected chi connectivity index (χ2v) is 11.1. The topological polar surface area (TPSA) is 73.0 Å². The Hall–Kier alpha value is -2.41. The van der Waals surface area contributed by atoms with Crippen molar-refractivity contribution in [2.75, 3.05) is 40.3 Å². The molecular formula is C28H42N4O3. The number of hydrogen-bond donors (Lipinski definition) is 1. The zero-order valence-electron chi connectivity index (χ0n) is 21.7. The molecule has 2 aliphatic heterocycles. The number of amides is 4. The molecule has 192 valence electrons. The maximum atomic E-state index is 13.9. The summed E-state index contributed by atoms with van der Waals surface area (Å²) in [6.45, 7) is 4.64. The van der Waals surface area contributed by atoms with E-state index in [-0.39, 0.29) is 23.8 Å². The van der Waals surface area contributed by atoms with Crippen LogP contribution in [0.25, 0.3) is 0 Å². The molecule has 4 rings (SSSR count). The van der Waals surface area contributed by atoms with Crippen LogP contribution in [-0.4, -0.2) is 78.4 Å². The fourth-order valence-corrected chi connectivity index (χ4v) is 6.24. The Bertz CT molecular complexity index is 919. The van der Waals surface area contributed by atoms with Crippen LogP contribution in [0.15, 0.2) is 24.3 Å². The Morgan fingerprint density at radius 1 is 1.06 bits per heavy atom. The van der Waals surface area contributed by atoms with E-state index in [1.165, 1.54) is 11.3 Å². The molecule has 1 aromatic carbocycles. The fourth-order valence-electron chi connectivity index (χ4n) is 6.24. The highest BCUT2D eigenvalue weighted by molar-refractivity contribution is 6.07. The SMILES string of the molecule is Cc1ccccc1CC1(C2CCN(C(=O)C3CCCCC3)CC2)NC(=O)N(CCCN(C)C)C1=O. The van der Waals surface area contributed by atoms with Gasteiger partial charge in [0.05, 0.1) is 0 Å². The van der Waals surface area contributed by atoms with Crippen LogP contribution in [0.2, 0.25) is 0 Å². The van der Waals surface area contributed by atoms with E-state index in [4.69, 9.17) is 0 Å². The van der Waals surface area contributed by atoms with E-state index in [0.717, 1.165) is 62.6 Å². The maximum absolute atomic E-state index is 13.9. The van der Waals surface area contributed by atoms with E-state index >= 15 is 0 Å². The molecule has 7 heteroatoms. The summed E-state index contributed by atoms with van der Waals surface area (Å²) in [5.41, 5.74) is 1.28. The monoisotopic (exact) mass is 482 g/mol. The van der Waals surface area contributed by atoms with Gasteiger partial charge in [-0.25, -0.2) is 4.79 Å². The lowest BCUT2D eigenvalue weighted by Crippen LogP contribution is -2.58. The number of urea groups is 1. The van der Waals surface area contributed by atoms with Gasteiger partial charge in [0.2, 0.25) is 5.91 Å². The van der Waals surface area contributed by atoms with Crippen molar-refractivity contribution in [2.24, 2.45) is 11.8 Å². The van der Waals surface area contributed by atoms with Crippen molar-refractivity contribution >= 4 is 17.8 Å². The zero-order chi connectivity index (χ0) is 25.0. The van der Waals surface area contributed by atoms with Gasteiger partial charge in [-0.05, 0) is 76.7 Å². The van der Waals surface area contributed by atoms with Crippen LogP contribution in [0.3, 0.4) is 0 Å². The third-order valence-corrected chi connectivity index (χ3v) is 8.38. The van der Waals surface area contributed by atoms with E-state index in [2.05, 4.69) is 29.3 Å². The average Bonchev–Trinajstić information content (AvgIpc) is 3.10. The van der Waals surface area contributed by atoms with Gasteiger partial charge >= 0.3 is 6.03 Å². The number of piperidine rings is 1. The lowest BCUT2D eigenvalue weighted by atomic mass is 9.73. The van der Waals surface area contributed by atoms with Gasteiger partial charge in [-0.15, -0.1) is 0 Å². The number of rotatable bonds is 8. The van der Waals surface area contributed by atoms with Gasteiger partial charge in [-0.3, -0.25) is 14.5 Å². The van der Waals surface area contributed by atoms with E-state index in [0.29, 0.717) is 32.0 Å². The summed E-state index contributed by atoms with van der Waals surface area (Å²) in [5.74, 6) is 0.374. The van der Waals surface area contributed by atoms with Crippen LogP contribution in [0.4, 0.5) is 4.79 Å². The number of benzene rings is 1. The van der Waals surface area contributed by atoms with Crippen molar-refractivity contribution in [3.8, 4) is 0 Å². The lowest BCUT2D eigenvalue weighted by Gasteiger charge is -2.42. The average molecular weight is 483 g/mol. The Balaban J connectivity index is 1.52. The number of carbonyl (C=O) groups excluding carboxylic acids is 3. The highest BCUT2D eigenvalue weighted by Crippen LogP contribution is 2.38. The summed E-state index contributed by atoms with van der Waals surface area (Å²) in [6.07, 6.45) is 8.27. The minimum atomic E-state index is -0.943. The molecule has 1 N–H and O–H groups in total. The molecule has 0 aromatic heterocycles. The molecule has 3 aliphatic rings. The van der Waals surface area contributed by atoms with Crippen molar-refractivity contribution in [1.82, 2.24) is 20.0 Å². The van der Waals surface area contributed by atoms with Gasteiger partial charge in [0.15, 0.2) is 0 Å². The van der Waals surface area contributed by atoms with Crippen molar-refractivity contribution in [2.45, 2.75) is 70.3 Å². The van der Waals surface area contributed by atoms with E-state index in [9.17, 15) is 14.4 Å². The largest absolute Gasteiger partial charge is 0.342 e. The minimum Gasteiger partial charge on any atom is -0.342 e. The number of nitrogens with one attached hydrogen (secondary N) is 1. The zero-order valence-corrected chi connectivity index (χ0v) is 21.7. The van der Waals surface area contributed by atoms with Crippen LogP contribution < -0.4 is 5.32 Å². The Kier molecular flexibility index (Phi) is 8.15. The molecule has 2 saturated heterocycles. The molecule has 4 amide bonds. The summed E-state index contributed by atoms with van der Waals surface area (Å²) in [7, 11) is 3.99. The van der Waals surface area contributed by atoms with E-state index in [1.54, 1.807) is 0 Å². The van der Waals surface area contributed by atoms with Crippen molar-refractivity contribution in [1.29, 1.82) is 0 Å². The number of likely N-dealkylation sites (tertiary alicyclic amines) is 1. The molecule has 1 aliphatic carbocycles. The van der Waals surface area contributed by atoms with Gasteiger partial charge in [-0.1, -0.05) is 43.5 Å². The first-order valence-corrected chi connectivity index (χ1v) is 13.4. The van der Waals surface area contributed by atoms with Crippen molar-refractivity contribution in [3.63, 3.8) is 0 Å². The predicted octanol–water partition coefficient (Wildman–Crippen LogP) is 3.60. The molecule has 0 radical (unpaired) electrons. The summed E-state index contributed by atoms with van der Waals surface area (Å²) in [4.78, 5) is 45.7. The molecule has 1 atom stereocenters. The molecule has 35 heavy (non-hydrogen) atoms. The Morgan fingerprint density at radius 3 is 2.40 bits per heavy atom. The summed E-state index contributed by atoms with van der Waals surface area (Å²) < 4.78 is 0. The molecule has 0 bridgehead atoms. The van der Waals surface area contributed by atoms with Crippen LogP contribution in [0.1, 0.15) is 62.5 Å². The standard InChI is InChI=1S/C28H42N4O3/c1-21-10-7-8-13-23(21)20-28(26(34)32(27(35)29-28)17-9-16-30(2)3)24-14-18-31(19-15-24)25(33)22-11-5-4-6-12-22/h7-8,10,13,22,24H,4-6,9,11-12,14-20H2,1-3H3,(H,29,35). The quantitative estimate of drug-likeness (QED) is 0.575. The Morgan fingerprint density at radius 2 is 1.74 bits per heavy atom. The fraction of sp³-hybridized carbons (Fsp3) is 0.679. The lowest BCUT2D eigenvalue weighted by molar-refractivity contribution is -0.139. The highest BCUT2D eigenvalue weighted by Gasteiger charge is 2.56. The number of imide groups is 1. The van der Waals surface area contributed by atoms with Gasteiger partial charge < -0.3 is 15.1 Å². The summed E-state index contributed by atoms with van der Waals surface area (Å²) in [6, 6.07) is 7.85. The Labute approximate surface area is 210 Å². The molecular weight excluding hydrogens is 440 g/mol. The number of aryl methyl sites for hydroxylation is 1. The first-order chi connectivity index (χ1) is 16.8. The molecule has 3 fully saturated rings. The van der Waals surface area contributed by atoms with Gasteiger partial charge in [0.1, 0.15) is 5.54 Å². The van der Waals surface area contributed by atoms with E-state index < -0.39 is 5.54 Å². The van der Waals surface area contributed by atoms with E-state index in [1.807, 2.05) is 31.1 Å². The third-order valence-electron chi connectivity index (χ3n) is 8.38. The van der Waals surface area contributed by atoms with Crippen LogP contribution in [0, 0.1) is 18.8 Å². The van der Waals surface area contributed by atoms with Crippen LogP contribution >= 0.6 is 0 Å². The normalized spacial score (nSPS) is 24.3. The van der Waals surface area contributed by atoms with Crippen LogP contribution in [-0.2, 0) is 16.0 Å². The maximum Gasteiger partial charge on any atom is 0.325 e. The summed E-state index contributed by atoms with van der Waals surface area (Å²) in [5, 5.41) is 3.18. The molecule has 1 aromatic rings. The molecule has 2 heterocycles. The molecule has 1 saturated carbocycles. The summed E-state index contributed by atoms with van der Waals surface area (Å²) >= 11 is 0. The van der Waals surface area contributed by atoms with Gasteiger partial charge in [0, 0.05) is 32.0 Å². The number of nitrogens with zero attached hydrogens (tertiary/aromatic N) is 3. The third kappa shape index (κ3) is 5.55. The highest BCUT2D eigenvalue weighted by atomic mass is 16.2. The molecule has 0 spiro atoms. The second-order valence-electron chi connectivity index (χ2n) is 11.1. The van der Waals surface area contributed by atoms with Gasteiger partial charge in [-0.2, -0.15) is 0 Å². The number of hydrogen-bond acceptors (Lipinski definition) is 4. The van der Waals surface area contributed by atoms with Gasteiger partial charge in [0.25, 0.3) is 5.91 Å². The first-order valence-electron chi connectivity index (χ1n) is 13.4. The minimum absolute atomic E-state index is 0.00723. The molecule has 7 nitrogen and oxygen atoms in total. The molecule has 1 unspecified atom stereocenters. The van der Waals surface area contributed by atoms with Crippen molar-refractivity contribution < 1.29 is 14.4 Å². The smallest absolute Gasteiger partial charge is 0.325 e. The number of carbonyl (C=O) groups is 3. The second kappa shape index (κ2) is 11.1. The van der Waals surface area contributed by atoms with Crippen molar-refractivity contribution in [3.05, 3.63) is 35.4 Å². The predicted molar refractivity (Wildman–Crippen MR) is 137 cm³/mol.